The van der Waals surface area contributed by atoms with Crippen molar-refractivity contribution < 1.29 is 19.1 Å². The standard InChI is InChI=1S/C44H50N6O4S/c1-27(2)53-44-20-28-17-29(21-44)19-43(18-28,25-44)26-50-23-31(22-45-50)32-13-14-37(47-38(32)40(52)54-42(3,4)5)49-16-15-30-9-8-10-33(34(30)24-49)39(51)48-41-46-35-11-6-7-12-36(35)55-41/h6-14,22-23,27-29H,15-21,24-26H2,1-5H3,(H,46,48,51). The maximum Gasteiger partial charge on any atom is 0.358 e. The number of esters is 1. The number of nitrogens with one attached hydrogen (secondary N) is 1. The van der Waals surface area contributed by atoms with Crippen molar-refractivity contribution in [2.45, 2.75) is 110 Å². The molecule has 4 heterocycles. The molecule has 0 spiro atoms. The summed E-state index contributed by atoms with van der Waals surface area (Å²) in [6, 6.07) is 17.7. The topological polar surface area (TPSA) is 111 Å². The predicted molar refractivity (Wildman–Crippen MR) is 215 cm³/mol. The maximum absolute atomic E-state index is 13.9. The zero-order valence-electron chi connectivity index (χ0n) is 32.4. The Bertz CT molecular complexity index is 2230. The van der Waals surface area contributed by atoms with E-state index in [1.165, 1.54) is 43.4 Å². The fourth-order valence-corrected chi connectivity index (χ4v) is 11.4. The van der Waals surface area contributed by atoms with E-state index in [9.17, 15) is 9.59 Å². The van der Waals surface area contributed by atoms with Crippen molar-refractivity contribution in [1.29, 1.82) is 0 Å². The molecule has 4 fully saturated rings. The summed E-state index contributed by atoms with van der Waals surface area (Å²) < 4.78 is 15.7. The molecule has 3 aromatic heterocycles. The van der Waals surface area contributed by atoms with Crippen LogP contribution in [0.3, 0.4) is 0 Å². The molecule has 286 valence electrons. The van der Waals surface area contributed by atoms with Gasteiger partial charge in [0.1, 0.15) is 11.4 Å². The summed E-state index contributed by atoms with van der Waals surface area (Å²) in [4.78, 5) is 39.3. The molecule has 55 heavy (non-hydrogen) atoms. The van der Waals surface area contributed by atoms with Gasteiger partial charge in [-0.2, -0.15) is 5.10 Å². The number of hydrogen-bond donors (Lipinski definition) is 1. The third kappa shape index (κ3) is 7.17. The molecule has 5 aliphatic rings. The first-order valence-corrected chi connectivity index (χ1v) is 20.6. The number of aromatic nitrogens is 4. The summed E-state index contributed by atoms with van der Waals surface area (Å²) in [5.41, 5.74) is 4.82. The van der Waals surface area contributed by atoms with Crippen molar-refractivity contribution in [2.24, 2.45) is 17.3 Å². The number of rotatable bonds is 9. The molecule has 2 aromatic carbocycles. The molecule has 10 rings (SSSR count). The van der Waals surface area contributed by atoms with E-state index >= 15 is 0 Å². The van der Waals surface area contributed by atoms with E-state index in [-0.39, 0.29) is 28.7 Å². The van der Waals surface area contributed by atoms with Crippen LogP contribution in [0, 0.1) is 17.3 Å². The molecule has 1 aliphatic heterocycles. The molecule has 10 nitrogen and oxygen atoms in total. The fraction of sp³-hybridized carbons (Fsp3) is 0.477. The minimum atomic E-state index is -0.696. The predicted octanol–water partition coefficient (Wildman–Crippen LogP) is 9.09. The lowest BCUT2D eigenvalue weighted by atomic mass is 9.48. The molecule has 2 atom stereocenters. The Balaban J connectivity index is 0.982. The average Bonchev–Trinajstić information content (AvgIpc) is 3.75. The first kappa shape index (κ1) is 36.1. The number of anilines is 2. The Morgan fingerprint density at radius 1 is 1.00 bits per heavy atom. The maximum atomic E-state index is 13.9. The highest BCUT2D eigenvalue weighted by Crippen LogP contribution is 2.63. The molecule has 0 saturated heterocycles. The van der Waals surface area contributed by atoms with Crippen LogP contribution >= 0.6 is 11.3 Å². The first-order chi connectivity index (χ1) is 26.3. The van der Waals surface area contributed by atoms with E-state index in [1.807, 2.05) is 75.5 Å². The van der Waals surface area contributed by atoms with Gasteiger partial charge in [-0.1, -0.05) is 35.6 Å². The number of amides is 1. The van der Waals surface area contributed by atoms with Crippen LogP contribution in [0.2, 0.25) is 0 Å². The van der Waals surface area contributed by atoms with E-state index in [0.29, 0.717) is 35.2 Å². The summed E-state index contributed by atoms with van der Waals surface area (Å²) in [5, 5.41) is 8.48. The zero-order chi connectivity index (χ0) is 38.1. The molecule has 11 heteroatoms. The lowest BCUT2D eigenvalue weighted by molar-refractivity contribution is -0.211. The van der Waals surface area contributed by atoms with Gasteiger partial charge in [0, 0.05) is 42.5 Å². The number of para-hydroxylation sites is 1. The van der Waals surface area contributed by atoms with Crippen molar-refractivity contribution in [3.05, 3.63) is 89.4 Å². The van der Waals surface area contributed by atoms with Crippen LogP contribution in [0.1, 0.15) is 105 Å². The SMILES string of the molecule is CC(C)OC12CC3CC(CC(Cn4cc(-c5ccc(N6CCc7cccc(C(=O)Nc8nc9ccccc9s8)c7C6)nc5C(=O)OC(C)(C)C)cn4)(C3)C1)C2. The molecular weight excluding hydrogens is 709 g/mol. The first-order valence-electron chi connectivity index (χ1n) is 19.8. The number of carbonyl (C=O) groups is 2. The highest BCUT2D eigenvalue weighted by molar-refractivity contribution is 7.22. The second-order valence-corrected chi connectivity index (χ2v) is 18.9. The number of nitrogens with zero attached hydrogens (tertiary/aromatic N) is 5. The lowest BCUT2D eigenvalue weighted by Gasteiger charge is -2.62. The zero-order valence-corrected chi connectivity index (χ0v) is 33.2. The van der Waals surface area contributed by atoms with Crippen LogP contribution in [0.25, 0.3) is 21.3 Å². The number of carbonyl (C=O) groups excluding carboxylic acids is 2. The van der Waals surface area contributed by atoms with Gasteiger partial charge in [0.15, 0.2) is 10.8 Å². The summed E-state index contributed by atoms with van der Waals surface area (Å²) in [5.74, 6) is 1.43. The van der Waals surface area contributed by atoms with Crippen molar-refractivity contribution >= 4 is 44.4 Å². The third-order valence-corrected chi connectivity index (χ3v) is 12.8. The molecule has 0 radical (unpaired) electrons. The fourth-order valence-electron chi connectivity index (χ4n) is 10.5. The minimum absolute atomic E-state index is 0.00614. The van der Waals surface area contributed by atoms with Crippen molar-refractivity contribution in [1.82, 2.24) is 19.7 Å². The minimum Gasteiger partial charge on any atom is -0.455 e. The van der Waals surface area contributed by atoms with Crippen LogP contribution < -0.4 is 10.2 Å². The van der Waals surface area contributed by atoms with Crippen LogP contribution in [0.15, 0.2) is 67.0 Å². The summed E-state index contributed by atoms with van der Waals surface area (Å²) in [6.45, 7) is 12.0. The highest BCUT2D eigenvalue weighted by atomic mass is 32.1. The normalized spacial score (nSPS) is 24.4. The van der Waals surface area contributed by atoms with Crippen molar-refractivity contribution in [3.63, 3.8) is 0 Å². The second-order valence-electron chi connectivity index (χ2n) is 17.9. The molecule has 5 aromatic rings. The van der Waals surface area contributed by atoms with Gasteiger partial charge in [-0.15, -0.1) is 0 Å². The van der Waals surface area contributed by atoms with Gasteiger partial charge in [0.05, 0.1) is 28.1 Å². The Morgan fingerprint density at radius 2 is 1.80 bits per heavy atom. The quantitative estimate of drug-likeness (QED) is 0.148. The smallest absolute Gasteiger partial charge is 0.358 e. The van der Waals surface area contributed by atoms with E-state index in [1.54, 1.807) is 0 Å². The Hall–Kier alpha value is -4.61. The molecule has 1 amide bonds. The van der Waals surface area contributed by atoms with Gasteiger partial charge in [0.25, 0.3) is 5.91 Å². The van der Waals surface area contributed by atoms with Gasteiger partial charge in [-0.25, -0.2) is 14.8 Å². The van der Waals surface area contributed by atoms with Gasteiger partial charge >= 0.3 is 5.97 Å². The number of thiazole rings is 1. The molecule has 4 bridgehead atoms. The number of ether oxygens (including phenoxy) is 2. The van der Waals surface area contributed by atoms with Gasteiger partial charge < -0.3 is 14.4 Å². The third-order valence-electron chi connectivity index (χ3n) is 11.9. The summed E-state index contributed by atoms with van der Waals surface area (Å²) >= 11 is 1.46. The van der Waals surface area contributed by atoms with E-state index in [0.717, 1.165) is 58.1 Å². The molecule has 1 N–H and O–H groups in total. The van der Waals surface area contributed by atoms with Crippen LogP contribution in [-0.2, 0) is 29.0 Å². The van der Waals surface area contributed by atoms with Crippen molar-refractivity contribution in [3.8, 4) is 11.1 Å². The molecular formula is C44H50N6O4S. The molecule has 2 unspecified atom stereocenters. The lowest BCUT2D eigenvalue weighted by Crippen LogP contribution is -2.58. The molecule has 4 aliphatic carbocycles. The summed E-state index contributed by atoms with van der Waals surface area (Å²) in [6.07, 6.45) is 12.1. The van der Waals surface area contributed by atoms with Crippen LogP contribution in [0.5, 0.6) is 0 Å². The number of fused-ring (bicyclic) bond motifs is 2. The largest absolute Gasteiger partial charge is 0.455 e. The van der Waals surface area contributed by atoms with Crippen LogP contribution in [-0.4, -0.2) is 55.5 Å². The van der Waals surface area contributed by atoms with Crippen LogP contribution in [0.4, 0.5) is 10.9 Å². The highest BCUT2D eigenvalue weighted by Gasteiger charge is 2.58. The number of benzene rings is 2. The van der Waals surface area contributed by atoms with Gasteiger partial charge in [-0.3, -0.25) is 14.8 Å². The monoisotopic (exact) mass is 758 g/mol. The number of pyridine rings is 1. The number of hydrogen-bond acceptors (Lipinski definition) is 9. The van der Waals surface area contributed by atoms with Crippen molar-refractivity contribution in [2.75, 3.05) is 16.8 Å². The average molecular weight is 759 g/mol. The van der Waals surface area contributed by atoms with E-state index in [2.05, 4.69) is 46.0 Å². The Labute approximate surface area is 326 Å². The van der Waals surface area contributed by atoms with Gasteiger partial charge in [-0.05, 0) is 138 Å². The van der Waals surface area contributed by atoms with Gasteiger partial charge in [0.2, 0.25) is 0 Å². The summed E-state index contributed by atoms with van der Waals surface area (Å²) in [7, 11) is 0. The molecule has 4 saturated carbocycles. The van der Waals surface area contributed by atoms with E-state index in [4.69, 9.17) is 19.6 Å². The Kier molecular flexibility index (Phi) is 8.88. The Morgan fingerprint density at radius 3 is 2.56 bits per heavy atom. The second kappa shape index (κ2) is 13.5. The van der Waals surface area contributed by atoms with E-state index < -0.39 is 11.6 Å².